The molecule has 0 aliphatic rings. The second-order valence-corrected chi connectivity index (χ2v) is 3.47. The van der Waals surface area contributed by atoms with Gasteiger partial charge in [0.1, 0.15) is 5.75 Å². The number of nitrogens with one attached hydrogen (secondary N) is 1. The number of rotatable bonds is 5. The summed E-state index contributed by atoms with van der Waals surface area (Å²) in [7, 11) is 1.52. The Morgan fingerprint density at radius 3 is 2.81 bits per heavy atom. The van der Waals surface area contributed by atoms with E-state index in [2.05, 4.69) is 5.32 Å². The zero-order valence-electron chi connectivity index (χ0n) is 9.56. The van der Waals surface area contributed by atoms with E-state index in [0.717, 1.165) is 0 Å². The van der Waals surface area contributed by atoms with Gasteiger partial charge in [-0.2, -0.15) is 0 Å². The van der Waals surface area contributed by atoms with Crippen molar-refractivity contribution >= 4 is 5.91 Å². The van der Waals surface area contributed by atoms with Gasteiger partial charge < -0.3 is 15.2 Å². The summed E-state index contributed by atoms with van der Waals surface area (Å²) in [6.07, 6.45) is 0.116. The van der Waals surface area contributed by atoms with Crippen LogP contribution < -0.4 is 10.1 Å². The molecule has 0 radical (unpaired) electrons. The molecule has 16 heavy (non-hydrogen) atoms. The highest BCUT2D eigenvalue weighted by Crippen LogP contribution is 2.16. The summed E-state index contributed by atoms with van der Waals surface area (Å²) < 4.78 is 5.08. The number of ether oxygens (including phenoxy) is 1. The SMILES string of the molecule is CCC(O)CNC(=O)c1ccccc1OC. The molecule has 1 unspecified atom stereocenters. The molecule has 1 aromatic rings. The summed E-state index contributed by atoms with van der Waals surface area (Å²) in [6.45, 7) is 2.12. The van der Waals surface area contributed by atoms with E-state index < -0.39 is 6.10 Å². The minimum Gasteiger partial charge on any atom is -0.496 e. The lowest BCUT2D eigenvalue weighted by Gasteiger charge is -2.11. The van der Waals surface area contributed by atoms with Crippen LogP contribution in [0.3, 0.4) is 0 Å². The number of aliphatic hydroxyl groups excluding tert-OH is 1. The number of benzene rings is 1. The average molecular weight is 223 g/mol. The lowest BCUT2D eigenvalue weighted by Crippen LogP contribution is -2.31. The molecular formula is C12H17NO3. The standard InChI is InChI=1S/C12H17NO3/c1-3-9(14)8-13-12(15)10-6-4-5-7-11(10)16-2/h4-7,9,14H,3,8H2,1-2H3,(H,13,15). The third-order valence-electron chi connectivity index (χ3n) is 2.32. The van der Waals surface area contributed by atoms with E-state index in [1.807, 2.05) is 6.92 Å². The molecule has 4 nitrogen and oxygen atoms in total. The molecule has 1 amide bonds. The maximum atomic E-state index is 11.7. The van der Waals surface area contributed by atoms with Gasteiger partial charge in [0, 0.05) is 6.54 Å². The second-order valence-electron chi connectivity index (χ2n) is 3.47. The number of hydrogen-bond acceptors (Lipinski definition) is 3. The van der Waals surface area contributed by atoms with Gasteiger partial charge in [-0.25, -0.2) is 0 Å². The summed E-state index contributed by atoms with van der Waals surface area (Å²) in [6, 6.07) is 6.99. The van der Waals surface area contributed by atoms with Gasteiger partial charge in [-0.1, -0.05) is 19.1 Å². The Balaban J connectivity index is 2.65. The fourth-order valence-corrected chi connectivity index (χ4v) is 1.28. The van der Waals surface area contributed by atoms with E-state index in [0.29, 0.717) is 17.7 Å². The number of carbonyl (C=O) groups excluding carboxylic acids is 1. The maximum absolute atomic E-state index is 11.7. The molecule has 0 saturated heterocycles. The normalized spacial score (nSPS) is 11.9. The van der Waals surface area contributed by atoms with Crippen molar-refractivity contribution in [3.8, 4) is 5.75 Å². The predicted molar refractivity (Wildman–Crippen MR) is 61.6 cm³/mol. The largest absolute Gasteiger partial charge is 0.496 e. The van der Waals surface area contributed by atoms with Crippen LogP contribution in [0.1, 0.15) is 23.7 Å². The molecule has 0 fully saturated rings. The number of hydrogen-bond donors (Lipinski definition) is 2. The first-order chi connectivity index (χ1) is 7.69. The van der Waals surface area contributed by atoms with Gasteiger partial charge in [-0.3, -0.25) is 4.79 Å². The fraction of sp³-hybridized carbons (Fsp3) is 0.417. The average Bonchev–Trinajstić information content (AvgIpc) is 2.35. The van der Waals surface area contributed by atoms with Crippen LogP contribution in [-0.2, 0) is 0 Å². The molecule has 0 heterocycles. The van der Waals surface area contributed by atoms with Crippen LogP contribution in [0.4, 0.5) is 0 Å². The highest BCUT2D eigenvalue weighted by Gasteiger charge is 2.11. The quantitative estimate of drug-likeness (QED) is 0.788. The van der Waals surface area contributed by atoms with Crippen molar-refractivity contribution in [2.24, 2.45) is 0 Å². The number of methoxy groups -OCH3 is 1. The first-order valence-corrected chi connectivity index (χ1v) is 5.28. The molecule has 4 heteroatoms. The van der Waals surface area contributed by atoms with Gasteiger partial charge in [0.05, 0.1) is 18.8 Å². The molecule has 0 saturated carbocycles. The van der Waals surface area contributed by atoms with E-state index in [1.54, 1.807) is 24.3 Å². The van der Waals surface area contributed by atoms with Crippen molar-refractivity contribution in [1.82, 2.24) is 5.32 Å². The number of aliphatic hydroxyl groups is 1. The summed E-state index contributed by atoms with van der Waals surface area (Å²) in [4.78, 5) is 11.7. The van der Waals surface area contributed by atoms with Gasteiger partial charge >= 0.3 is 0 Å². The van der Waals surface area contributed by atoms with Gasteiger partial charge in [0.2, 0.25) is 0 Å². The predicted octanol–water partition coefficient (Wildman–Crippen LogP) is 1.20. The Morgan fingerprint density at radius 2 is 2.19 bits per heavy atom. The van der Waals surface area contributed by atoms with Gasteiger partial charge in [0.25, 0.3) is 5.91 Å². The minimum atomic E-state index is -0.501. The Bertz CT molecular complexity index is 352. The van der Waals surface area contributed by atoms with Crippen LogP contribution in [0.25, 0.3) is 0 Å². The Kier molecular flexibility index (Phi) is 4.79. The lowest BCUT2D eigenvalue weighted by molar-refractivity contribution is 0.0911. The summed E-state index contributed by atoms with van der Waals surface area (Å²) in [5.74, 6) is 0.302. The smallest absolute Gasteiger partial charge is 0.255 e. The zero-order valence-corrected chi connectivity index (χ0v) is 9.56. The molecular weight excluding hydrogens is 206 g/mol. The summed E-state index contributed by atoms with van der Waals surface area (Å²) in [5.41, 5.74) is 0.480. The van der Waals surface area contributed by atoms with Crippen molar-refractivity contribution in [3.05, 3.63) is 29.8 Å². The Labute approximate surface area is 95.2 Å². The third-order valence-corrected chi connectivity index (χ3v) is 2.32. The molecule has 0 bridgehead atoms. The summed E-state index contributed by atoms with van der Waals surface area (Å²) in [5, 5.41) is 12.0. The molecule has 2 N–H and O–H groups in total. The zero-order chi connectivity index (χ0) is 12.0. The minimum absolute atomic E-state index is 0.232. The van der Waals surface area contributed by atoms with E-state index >= 15 is 0 Å². The van der Waals surface area contributed by atoms with Gasteiger partial charge in [-0.15, -0.1) is 0 Å². The van der Waals surface area contributed by atoms with Crippen LogP contribution in [0.5, 0.6) is 5.75 Å². The molecule has 1 aromatic carbocycles. The van der Waals surface area contributed by atoms with Crippen molar-refractivity contribution in [1.29, 1.82) is 0 Å². The molecule has 1 atom stereocenters. The monoisotopic (exact) mass is 223 g/mol. The Hall–Kier alpha value is -1.55. The summed E-state index contributed by atoms with van der Waals surface area (Å²) >= 11 is 0. The number of para-hydroxylation sites is 1. The maximum Gasteiger partial charge on any atom is 0.255 e. The molecule has 0 aliphatic carbocycles. The van der Waals surface area contributed by atoms with Gasteiger partial charge in [-0.05, 0) is 18.6 Å². The third kappa shape index (κ3) is 3.24. The highest BCUT2D eigenvalue weighted by atomic mass is 16.5. The van der Waals surface area contributed by atoms with Crippen LogP contribution >= 0.6 is 0 Å². The molecule has 1 rings (SSSR count). The van der Waals surface area contributed by atoms with E-state index in [9.17, 15) is 9.90 Å². The van der Waals surface area contributed by atoms with Crippen molar-refractivity contribution in [2.75, 3.05) is 13.7 Å². The van der Waals surface area contributed by atoms with Gasteiger partial charge in [0.15, 0.2) is 0 Å². The Morgan fingerprint density at radius 1 is 1.50 bits per heavy atom. The first kappa shape index (κ1) is 12.5. The molecule has 0 aliphatic heterocycles. The van der Waals surface area contributed by atoms with E-state index in [4.69, 9.17) is 4.74 Å². The number of amides is 1. The van der Waals surface area contributed by atoms with Crippen molar-refractivity contribution in [3.63, 3.8) is 0 Å². The van der Waals surface area contributed by atoms with Crippen molar-refractivity contribution in [2.45, 2.75) is 19.4 Å². The van der Waals surface area contributed by atoms with Crippen LogP contribution in [0.2, 0.25) is 0 Å². The van der Waals surface area contributed by atoms with Crippen LogP contribution in [-0.4, -0.2) is 30.8 Å². The topological polar surface area (TPSA) is 58.6 Å². The number of carbonyl (C=O) groups is 1. The van der Waals surface area contributed by atoms with Crippen LogP contribution in [0, 0.1) is 0 Å². The van der Waals surface area contributed by atoms with Crippen molar-refractivity contribution < 1.29 is 14.6 Å². The fourth-order valence-electron chi connectivity index (χ4n) is 1.28. The molecule has 0 spiro atoms. The van der Waals surface area contributed by atoms with E-state index in [1.165, 1.54) is 7.11 Å². The highest BCUT2D eigenvalue weighted by molar-refractivity contribution is 5.96. The van der Waals surface area contributed by atoms with Crippen LogP contribution in [0.15, 0.2) is 24.3 Å². The van der Waals surface area contributed by atoms with E-state index in [-0.39, 0.29) is 12.5 Å². The first-order valence-electron chi connectivity index (χ1n) is 5.28. The molecule has 88 valence electrons. The molecule has 0 aromatic heterocycles. The lowest BCUT2D eigenvalue weighted by atomic mass is 10.2. The second kappa shape index (κ2) is 6.12.